The lowest BCUT2D eigenvalue weighted by Gasteiger charge is -2.47. The van der Waals surface area contributed by atoms with Crippen molar-refractivity contribution in [2.45, 2.75) is 25.9 Å². The van der Waals surface area contributed by atoms with Gasteiger partial charge in [0, 0.05) is 31.2 Å². The smallest absolute Gasteiger partial charge is 0.256 e. The first-order valence-electron chi connectivity index (χ1n) is 9.04. The van der Waals surface area contributed by atoms with Crippen molar-refractivity contribution in [2.24, 2.45) is 0 Å². The van der Waals surface area contributed by atoms with Crippen LogP contribution in [0, 0.1) is 5.82 Å². The van der Waals surface area contributed by atoms with Gasteiger partial charge in [-0.1, -0.05) is 35.3 Å². The number of carbonyl (C=O) groups is 3. The Balaban J connectivity index is 1.99. The second-order valence-electron chi connectivity index (χ2n) is 7.14. The van der Waals surface area contributed by atoms with Crippen molar-refractivity contribution in [3.8, 4) is 0 Å². The van der Waals surface area contributed by atoms with Gasteiger partial charge in [0.1, 0.15) is 12.1 Å². The van der Waals surface area contributed by atoms with Crippen molar-refractivity contribution >= 4 is 46.7 Å². The van der Waals surface area contributed by atoms with Crippen LogP contribution in [0.5, 0.6) is 0 Å². The Bertz CT molecular complexity index is 1000. The molecule has 0 radical (unpaired) electrons. The molecule has 10 heteroatoms. The summed E-state index contributed by atoms with van der Waals surface area (Å²) in [6, 6.07) is 7.86. The van der Waals surface area contributed by atoms with E-state index in [0.717, 1.165) is 16.5 Å². The van der Waals surface area contributed by atoms with E-state index in [2.05, 4.69) is 10.3 Å². The maximum atomic E-state index is 14.4. The highest BCUT2D eigenvalue weighted by Gasteiger charge is 2.50. The molecule has 1 atom stereocenters. The number of pyridine rings is 1. The zero-order valence-electron chi connectivity index (χ0n) is 16.3. The molecule has 30 heavy (non-hydrogen) atoms. The number of hydrogen-bond donors (Lipinski definition) is 1. The number of piperazine rings is 1. The normalized spacial score (nSPS) is 19.2. The zero-order chi connectivity index (χ0) is 22.1. The molecule has 0 aliphatic carbocycles. The standard InChI is InChI=1S/C20H19Cl2FN4O3/c1-12(28)25-11-20(2)19(30)26(18-16(23)7-15(22)8-24-18)10-17(29)27(20)9-13-3-5-14(21)6-4-13/h3-8H,9-11H2,1-2H3,(H,25,28). The van der Waals surface area contributed by atoms with Gasteiger partial charge in [-0.05, 0) is 30.7 Å². The minimum atomic E-state index is -1.46. The molecule has 1 aliphatic rings. The van der Waals surface area contributed by atoms with Crippen LogP contribution < -0.4 is 10.2 Å². The zero-order valence-corrected chi connectivity index (χ0v) is 17.8. The third-order valence-corrected chi connectivity index (χ3v) is 5.33. The first-order chi connectivity index (χ1) is 14.1. The quantitative estimate of drug-likeness (QED) is 0.755. The molecule has 1 aromatic carbocycles. The average Bonchev–Trinajstić information content (AvgIpc) is 2.68. The van der Waals surface area contributed by atoms with E-state index in [1.165, 1.54) is 24.9 Å². The number of nitrogens with one attached hydrogen (secondary N) is 1. The summed E-state index contributed by atoms with van der Waals surface area (Å²) in [7, 11) is 0. The number of rotatable bonds is 5. The predicted octanol–water partition coefficient (Wildman–Crippen LogP) is 2.80. The fraction of sp³-hybridized carbons (Fsp3) is 0.300. The Labute approximate surface area is 182 Å². The molecule has 0 spiro atoms. The predicted molar refractivity (Wildman–Crippen MR) is 111 cm³/mol. The van der Waals surface area contributed by atoms with E-state index < -0.39 is 29.7 Å². The van der Waals surface area contributed by atoms with E-state index in [-0.39, 0.29) is 29.8 Å². The summed E-state index contributed by atoms with van der Waals surface area (Å²) in [5, 5.41) is 3.20. The molecule has 1 saturated heterocycles. The Kier molecular flexibility index (Phi) is 6.28. The minimum absolute atomic E-state index is 0.0670. The second kappa shape index (κ2) is 8.57. The Hall–Kier alpha value is -2.71. The lowest BCUT2D eigenvalue weighted by atomic mass is 9.93. The minimum Gasteiger partial charge on any atom is -0.353 e. The van der Waals surface area contributed by atoms with Gasteiger partial charge in [-0.25, -0.2) is 9.37 Å². The monoisotopic (exact) mass is 452 g/mol. The number of benzene rings is 1. The van der Waals surface area contributed by atoms with Crippen LogP contribution in [0.25, 0.3) is 0 Å². The van der Waals surface area contributed by atoms with Gasteiger partial charge in [0.2, 0.25) is 11.8 Å². The molecule has 2 aromatic rings. The highest BCUT2D eigenvalue weighted by molar-refractivity contribution is 6.30. The number of hydrogen-bond acceptors (Lipinski definition) is 4. The molecule has 1 fully saturated rings. The van der Waals surface area contributed by atoms with E-state index in [0.29, 0.717) is 5.02 Å². The van der Waals surface area contributed by atoms with E-state index in [1.807, 2.05) is 0 Å². The van der Waals surface area contributed by atoms with E-state index in [9.17, 15) is 18.8 Å². The number of aromatic nitrogens is 1. The van der Waals surface area contributed by atoms with Gasteiger partial charge in [-0.15, -0.1) is 0 Å². The van der Waals surface area contributed by atoms with Gasteiger partial charge in [0.25, 0.3) is 5.91 Å². The lowest BCUT2D eigenvalue weighted by Crippen LogP contribution is -2.70. The molecule has 2 heterocycles. The summed E-state index contributed by atoms with van der Waals surface area (Å²) >= 11 is 11.7. The van der Waals surface area contributed by atoms with Crippen LogP contribution in [0.15, 0.2) is 36.5 Å². The van der Waals surface area contributed by atoms with Gasteiger partial charge in [0.05, 0.1) is 5.02 Å². The molecule has 3 rings (SSSR count). The third kappa shape index (κ3) is 4.39. The van der Waals surface area contributed by atoms with Crippen molar-refractivity contribution < 1.29 is 18.8 Å². The summed E-state index contributed by atoms with van der Waals surface area (Å²) in [5.74, 6) is -2.47. The maximum Gasteiger partial charge on any atom is 0.256 e. The Morgan fingerprint density at radius 2 is 1.90 bits per heavy atom. The van der Waals surface area contributed by atoms with Crippen LogP contribution >= 0.6 is 23.2 Å². The van der Waals surface area contributed by atoms with Crippen LogP contribution in [0.3, 0.4) is 0 Å². The molecule has 0 saturated carbocycles. The van der Waals surface area contributed by atoms with Crippen molar-refractivity contribution in [2.75, 3.05) is 18.0 Å². The fourth-order valence-electron chi connectivity index (χ4n) is 3.25. The fourth-order valence-corrected chi connectivity index (χ4v) is 3.52. The van der Waals surface area contributed by atoms with Crippen molar-refractivity contribution in [3.05, 3.63) is 58.0 Å². The van der Waals surface area contributed by atoms with Gasteiger partial charge in [0.15, 0.2) is 11.6 Å². The summed E-state index contributed by atoms with van der Waals surface area (Å²) < 4.78 is 14.4. The van der Waals surface area contributed by atoms with Gasteiger partial charge >= 0.3 is 0 Å². The highest BCUT2D eigenvalue weighted by Crippen LogP contribution is 2.30. The molecule has 1 aromatic heterocycles. The van der Waals surface area contributed by atoms with Crippen molar-refractivity contribution in [1.82, 2.24) is 15.2 Å². The molecule has 0 bridgehead atoms. The summed E-state index contributed by atoms with van der Waals surface area (Å²) in [5.41, 5.74) is -0.715. The molecule has 1 N–H and O–H groups in total. The summed E-state index contributed by atoms with van der Waals surface area (Å²) in [6.45, 7) is 2.40. The van der Waals surface area contributed by atoms with Gasteiger partial charge in [-0.2, -0.15) is 0 Å². The van der Waals surface area contributed by atoms with Gasteiger partial charge in [-0.3, -0.25) is 19.3 Å². The SMILES string of the molecule is CC(=O)NCC1(C)C(=O)N(c2ncc(Cl)cc2F)CC(=O)N1Cc1ccc(Cl)cc1. The Morgan fingerprint density at radius 1 is 1.23 bits per heavy atom. The van der Waals surface area contributed by atoms with E-state index in [1.54, 1.807) is 24.3 Å². The van der Waals surface area contributed by atoms with Crippen LogP contribution in [0.4, 0.5) is 10.2 Å². The number of anilines is 1. The van der Waals surface area contributed by atoms with E-state index in [4.69, 9.17) is 23.2 Å². The molecular weight excluding hydrogens is 434 g/mol. The van der Waals surface area contributed by atoms with Gasteiger partial charge < -0.3 is 10.2 Å². The molecule has 7 nitrogen and oxygen atoms in total. The summed E-state index contributed by atoms with van der Waals surface area (Å²) in [6.07, 6.45) is 1.20. The maximum absolute atomic E-state index is 14.4. The topological polar surface area (TPSA) is 82.6 Å². The number of carbonyl (C=O) groups excluding carboxylic acids is 3. The van der Waals surface area contributed by atoms with Crippen molar-refractivity contribution in [1.29, 1.82) is 0 Å². The highest BCUT2D eigenvalue weighted by atomic mass is 35.5. The second-order valence-corrected chi connectivity index (χ2v) is 8.01. The molecular formula is C20H19Cl2FN4O3. The number of amides is 3. The molecule has 1 aliphatic heterocycles. The van der Waals surface area contributed by atoms with Crippen LogP contribution in [-0.2, 0) is 20.9 Å². The number of nitrogens with zero attached hydrogens (tertiary/aromatic N) is 3. The first-order valence-corrected chi connectivity index (χ1v) is 9.80. The largest absolute Gasteiger partial charge is 0.353 e. The third-order valence-electron chi connectivity index (χ3n) is 4.88. The first kappa shape index (κ1) is 22.0. The summed E-state index contributed by atoms with van der Waals surface area (Å²) in [4.78, 5) is 44.2. The van der Waals surface area contributed by atoms with Crippen molar-refractivity contribution in [3.63, 3.8) is 0 Å². The lowest BCUT2D eigenvalue weighted by molar-refractivity contribution is -0.151. The molecule has 1 unspecified atom stereocenters. The molecule has 3 amide bonds. The van der Waals surface area contributed by atoms with Crippen LogP contribution in [0.2, 0.25) is 10.0 Å². The van der Waals surface area contributed by atoms with E-state index >= 15 is 0 Å². The molecule has 158 valence electrons. The average molecular weight is 453 g/mol. The number of halogens is 3. The van der Waals surface area contributed by atoms with Crippen LogP contribution in [-0.4, -0.2) is 46.2 Å². The Morgan fingerprint density at radius 3 is 2.50 bits per heavy atom. The van der Waals surface area contributed by atoms with Crippen LogP contribution in [0.1, 0.15) is 19.4 Å².